The number of anilines is 1. The number of rotatable bonds is 9. The highest BCUT2D eigenvalue weighted by Crippen LogP contribution is 2.49. The van der Waals surface area contributed by atoms with Gasteiger partial charge in [0.1, 0.15) is 10.9 Å². The molecule has 0 atom stereocenters. The van der Waals surface area contributed by atoms with Crippen LogP contribution in [0.2, 0.25) is 0 Å². The zero-order valence-electron chi connectivity index (χ0n) is 17.6. The molecule has 2 aliphatic heterocycles. The summed E-state index contributed by atoms with van der Waals surface area (Å²) >= 11 is 11.1. The van der Waals surface area contributed by atoms with Crippen molar-refractivity contribution >= 4 is 87.1 Å². The van der Waals surface area contributed by atoms with Crippen LogP contribution < -0.4 is 4.90 Å². The number of thioether (sulfide) groups is 4. The molecule has 1 amide bonds. The van der Waals surface area contributed by atoms with E-state index in [0.717, 1.165) is 37.2 Å². The molecule has 33 heavy (non-hydrogen) atoms. The second kappa shape index (κ2) is 11.5. The van der Waals surface area contributed by atoms with E-state index in [1.165, 1.54) is 4.90 Å². The van der Waals surface area contributed by atoms with E-state index in [-0.39, 0.29) is 10.7 Å². The average Bonchev–Trinajstić information content (AvgIpc) is 3.24. The molecule has 0 unspecified atom stereocenters. The molecule has 0 radical (unpaired) electrons. The van der Waals surface area contributed by atoms with Crippen LogP contribution in [-0.4, -0.2) is 62.9 Å². The zero-order chi connectivity index (χ0) is 24.1. The fraction of sp³-hybridized carbons (Fsp3) is 0.238. The normalized spacial score (nSPS) is 18.2. The molecule has 0 spiro atoms. The van der Waals surface area contributed by atoms with Crippen molar-refractivity contribution in [1.29, 1.82) is 0 Å². The van der Waals surface area contributed by atoms with Crippen LogP contribution >= 0.6 is 59.3 Å². The summed E-state index contributed by atoms with van der Waals surface area (Å²) in [5.74, 6) is -2.41. The Hall–Kier alpha value is -1.86. The van der Waals surface area contributed by atoms with Gasteiger partial charge in [0.15, 0.2) is 0 Å². The molecule has 2 aliphatic rings. The van der Waals surface area contributed by atoms with Crippen LogP contribution in [0, 0.1) is 0 Å². The van der Waals surface area contributed by atoms with E-state index >= 15 is 0 Å². The summed E-state index contributed by atoms with van der Waals surface area (Å²) in [5, 5.41) is 19.0. The number of thiocarbonyl (C=S) groups is 1. The van der Waals surface area contributed by atoms with Crippen LogP contribution in [0.3, 0.4) is 0 Å². The van der Waals surface area contributed by atoms with Gasteiger partial charge in [-0.3, -0.25) is 19.3 Å². The van der Waals surface area contributed by atoms with Gasteiger partial charge in [-0.2, -0.15) is 0 Å². The van der Waals surface area contributed by atoms with Crippen molar-refractivity contribution in [3.8, 4) is 0 Å². The second-order valence-corrected chi connectivity index (χ2v) is 11.1. The number of fused-ring (bicyclic) bond motifs is 1. The van der Waals surface area contributed by atoms with Crippen LogP contribution in [0.1, 0.15) is 6.42 Å². The second-order valence-electron chi connectivity index (χ2n) is 6.65. The molecule has 0 bridgehead atoms. The van der Waals surface area contributed by atoms with Gasteiger partial charge in [0.25, 0.3) is 5.91 Å². The minimum atomic E-state index is -1.12. The molecule has 0 saturated carbocycles. The minimum Gasteiger partial charge on any atom is -0.481 e. The lowest BCUT2D eigenvalue weighted by Crippen LogP contribution is -2.33. The number of benzene rings is 1. The van der Waals surface area contributed by atoms with E-state index in [0.29, 0.717) is 11.4 Å². The molecule has 7 nitrogen and oxygen atoms in total. The molecule has 2 N–H and O–H groups in total. The summed E-state index contributed by atoms with van der Waals surface area (Å²) in [7, 11) is 0. The zero-order valence-corrected chi connectivity index (χ0v) is 21.7. The van der Waals surface area contributed by atoms with Gasteiger partial charge >= 0.3 is 11.9 Å². The number of amides is 1. The third-order valence-corrected chi connectivity index (χ3v) is 8.74. The highest BCUT2D eigenvalue weighted by Gasteiger charge is 2.33. The van der Waals surface area contributed by atoms with Gasteiger partial charge in [0.05, 0.1) is 22.0 Å². The van der Waals surface area contributed by atoms with Crippen LogP contribution in [0.4, 0.5) is 5.69 Å². The molecular weight excluding hydrogens is 521 g/mol. The number of nitrogens with zero attached hydrogens (tertiary/aromatic N) is 2. The fourth-order valence-electron chi connectivity index (χ4n) is 3.06. The molecule has 1 fully saturated rings. The Morgan fingerprint density at radius 1 is 1.03 bits per heavy atom. The lowest BCUT2D eigenvalue weighted by atomic mass is 10.2. The maximum atomic E-state index is 12.3. The predicted molar refractivity (Wildman–Crippen MR) is 140 cm³/mol. The van der Waals surface area contributed by atoms with Crippen LogP contribution in [0.5, 0.6) is 0 Å². The Balaban J connectivity index is 1.82. The van der Waals surface area contributed by atoms with Crippen molar-refractivity contribution in [2.75, 3.05) is 30.5 Å². The Morgan fingerprint density at radius 3 is 2.33 bits per heavy atom. The molecule has 12 heteroatoms. The molecule has 0 aliphatic carbocycles. The smallest absolute Gasteiger partial charge is 0.323 e. The van der Waals surface area contributed by atoms with Gasteiger partial charge in [-0.1, -0.05) is 47.9 Å². The van der Waals surface area contributed by atoms with E-state index in [1.54, 1.807) is 53.5 Å². The van der Waals surface area contributed by atoms with Gasteiger partial charge in [-0.25, -0.2) is 0 Å². The third kappa shape index (κ3) is 6.18. The van der Waals surface area contributed by atoms with Crippen molar-refractivity contribution in [3.05, 3.63) is 46.4 Å². The maximum Gasteiger partial charge on any atom is 0.323 e. The largest absolute Gasteiger partial charge is 0.481 e. The Bertz CT molecular complexity index is 1100. The van der Waals surface area contributed by atoms with E-state index in [9.17, 15) is 19.5 Å². The predicted octanol–water partition coefficient (Wildman–Crippen LogP) is 4.74. The molecule has 2 heterocycles. The van der Waals surface area contributed by atoms with Crippen LogP contribution in [0.25, 0.3) is 0 Å². The first-order chi connectivity index (χ1) is 15.7. The molecule has 1 saturated heterocycles. The molecule has 174 valence electrons. The molecule has 3 rings (SSSR count). The number of carboxylic acids is 2. The fourth-order valence-corrected chi connectivity index (χ4v) is 6.95. The first-order valence-electron chi connectivity index (χ1n) is 9.52. The quantitative estimate of drug-likeness (QED) is 0.258. The van der Waals surface area contributed by atoms with Gasteiger partial charge < -0.3 is 15.1 Å². The monoisotopic (exact) mass is 540 g/mol. The summed E-state index contributed by atoms with van der Waals surface area (Å²) < 4.78 is 0.219. The van der Waals surface area contributed by atoms with Crippen LogP contribution in [0.15, 0.2) is 61.1 Å². The Morgan fingerprint density at radius 2 is 1.70 bits per heavy atom. The Kier molecular flexibility index (Phi) is 8.99. The van der Waals surface area contributed by atoms with Crippen LogP contribution in [-0.2, 0) is 14.4 Å². The number of aliphatic carboxylic acids is 2. The topological polar surface area (TPSA) is 98.2 Å². The summed E-state index contributed by atoms with van der Waals surface area (Å²) in [4.78, 5) is 41.2. The number of carbonyl (C=O) groups excluding carboxylic acids is 1. The average molecular weight is 541 g/mol. The van der Waals surface area contributed by atoms with Gasteiger partial charge in [0.2, 0.25) is 0 Å². The lowest BCUT2D eigenvalue weighted by Gasteiger charge is -2.20. The first kappa shape index (κ1) is 25.8. The summed E-state index contributed by atoms with van der Waals surface area (Å²) in [6, 6.07) is 4.22. The third-order valence-electron chi connectivity index (χ3n) is 4.55. The van der Waals surface area contributed by atoms with Crippen molar-refractivity contribution in [2.24, 2.45) is 0 Å². The number of carboxylic acid groups (broad SMARTS) is 2. The SMILES string of the molecule is CSc1cc2c(cc1SC)N(CCC(=O)O)/C(=C/C=C/C=C1/SC(=S)N(CC(=O)O)C1=O)S2. The number of hydrogen-bond donors (Lipinski definition) is 2. The van der Waals surface area contributed by atoms with Crippen molar-refractivity contribution in [2.45, 2.75) is 21.1 Å². The molecule has 1 aromatic carbocycles. The van der Waals surface area contributed by atoms with Crippen molar-refractivity contribution in [1.82, 2.24) is 4.90 Å². The first-order valence-corrected chi connectivity index (χ1v) is 14.0. The summed E-state index contributed by atoms with van der Waals surface area (Å²) in [6.45, 7) is -0.117. The van der Waals surface area contributed by atoms with E-state index in [4.69, 9.17) is 17.3 Å². The molecular formula is C21H20N2O5S5. The Labute approximate surface area is 213 Å². The number of allylic oxidation sites excluding steroid dienone is 4. The van der Waals surface area contributed by atoms with E-state index in [2.05, 4.69) is 12.1 Å². The number of hydrogen-bond acceptors (Lipinski definition) is 9. The van der Waals surface area contributed by atoms with Gasteiger partial charge in [-0.15, -0.1) is 23.5 Å². The minimum absolute atomic E-state index is 0.00594. The highest BCUT2D eigenvalue weighted by atomic mass is 32.2. The van der Waals surface area contributed by atoms with E-state index < -0.39 is 24.4 Å². The standard InChI is InChI=1S/C21H20N2O5S5/c1-30-15-9-12-14(10-16(15)31-2)32-17(22(12)8-7-18(24)25)6-4-3-5-13-20(28)23(11-19(26)27)21(29)33-13/h3-6,9-10H,7-8,11H2,1-2H3,(H,24,25)(H,26,27)/b4-3+,13-5+,17-6-. The molecule has 0 aromatic heterocycles. The molecule has 1 aromatic rings. The summed E-state index contributed by atoms with van der Waals surface area (Å²) in [6.07, 6.45) is 11.0. The maximum absolute atomic E-state index is 12.3. The van der Waals surface area contributed by atoms with Gasteiger partial charge in [0, 0.05) is 21.2 Å². The van der Waals surface area contributed by atoms with Crippen molar-refractivity contribution < 1.29 is 24.6 Å². The van der Waals surface area contributed by atoms with E-state index in [1.807, 2.05) is 23.5 Å². The number of carbonyl (C=O) groups is 3. The highest BCUT2D eigenvalue weighted by molar-refractivity contribution is 8.26. The lowest BCUT2D eigenvalue weighted by molar-refractivity contribution is -0.140. The van der Waals surface area contributed by atoms with Crippen molar-refractivity contribution in [3.63, 3.8) is 0 Å². The van der Waals surface area contributed by atoms with Gasteiger partial charge in [-0.05, 0) is 36.8 Å². The summed E-state index contributed by atoms with van der Waals surface area (Å²) in [5.41, 5.74) is 0.984.